The molecule has 59 valence electrons. The summed E-state index contributed by atoms with van der Waals surface area (Å²) in [7, 11) is 0. The van der Waals surface area contributed by atoms with E-state index in [9.17, 15) is 0 Å². The van der Waals surface area contributed by atoms with Gasteiger partial charge in [0, 0.05) is 22.4 Å². The predicted molar refractivity (Wildman–Crippen MR) is 20.7 cm³/mol. The van der Waals surface area contributed by atoms with Gasteiger partial charge in [0.05, 0.1) is 10.2 Å². The molecule has 0 aliphatic rings. The molecule has 0 amide bonds. The fourth-order valence-electron chi connectivity index (χ4n) is 0. The molecule has 0 rings (SSSR count). The minimum atomic E-state index is -1.75. The smallest absolute Gasteiger partial charge is 0.0689 e. The average molecular weight is 232 g/mol. The Morgan fingerprint density at radius 1 is 0.778 bits per heavy atom. The molecule has 0 aromatic rings. The van der Waals surface area contributed by atoms with E-state index in [1.54, 1.807) is 0 Å². The van der Waals surface area contributed by atoms with Gasteiger partial charge in [0.2, 0.25) is 0 Å². The summed E-state index contributed by atoms with van der Waals surface area (Å²) in [5.41, 5.74) is 0. The van der Waals surface area contributed by atoms with Crippen molar-refractivity contribution in [2.75, 3.05) is 0 Å². The van der Waals surface area contributed by atoms with E-state index in [-0.39, 0.29) is 22.4 Å². The van der Waals surface area contributed by atoms with Gasteiger partial charge in [0.1, 0.15) is 0 Å². The van der Waals surface area contributed by atoms with E-state index in [0.29, 0.717) is 0 Å². The van der Waals surface area contributed by atoms with Crippen LogP contribution in [0, 0.1) is 30.6 Å². The molecule has 0 N–H and O–H groups in total. The van der Waals surface area contributed by atoms with Crippen molar-refractivity contribution in [3.05, 3.63) is 30.6 Å². The standard InChI is InChI=1S/Ag.2NO3/c;2*2-1(3)4/q;2*-1. The van der Waals surface area contributed by atoms with Gasteiger partial charge in [-0.05, 0) is 0 Å². The van der Waals surface area contributed by atoms with Gasteiger partial charge in [-0.15, -0.1) is 0 Å². The first-order chi connectivity index (χ1) is 3.46. The van der Waals surface area contributed by atoms with Crippen molar-refractivity contribution in [1.29, 1.82) is 0 Å². The summed E-state index contributed by atoms with van der Waals surface area (Å²) in [4.78, 5) is 16.5. The van der Waals surface area contributed by atoms with Crippen molar-refractivity contribution in [3.8, 4) is 0 Å². The SMILES string of the molecule is O=[N+]([O-])[O-].O=[N+]([O-])[O-].[Ag]. The van der Waals surface area contributed by atoms with Crippen LogP contribution in [0.3, 0.4) is 0 Å². The first-order valence-electron chi connectivity index (χ1n) is 1.10. The van der Waals surface area contributed by atoms with Crippen LogP contribution in [0.1, 0.15) is 0 Å². The molecule has 0 aromatic heterocycles. The zero-order chi connectivity index (χ0) is 7.15. The second-order valence-corrected chi connectivity index (χ2v) is 0.447. The van der Waals surface area contributed by atoms with Gasteiger partial charge >= 0.3 is 0 Å². The molecule has 0 bridgehead atoms. The molecule has 0 spiro atoms. The van der Waals surface area contributed by atoms with Crippen LogP contribution in [0.25, 0.3) is 0 Å². The van der Waals surface area contributed by atoms with Gasteiger partial charge in [-0.25, -0.2) is 0 Å². The second kappa shape index (κ2) is 10.2. The van der Waals surface area contributed by atoms with E-state index in [1.165, 1.54) is 0 Å². The minimum absolute atomic E-state index is 0. The van der Waals surface area contributed by atoms with Gasteiger partial charge < -0.3 is 30.6 Å². The Bertz CT molecular complexity index is 69.1. The number of hydrogen-bond donors (Lipinski definition) is 0. The topological polar surface area (TPSA) is 132 Å². The third kappa shape index (κ3) is 255. The molecule has 0 fully saturated rings. The van der Waals surface area contributed by atoms with Crippen molar-refractivity contribution >= 4 is 0 Å². The van der Waals surface area contributed by atoms with Crippen LogP contribution < -0.4 is 0 Å². The van der Waals surface area contributed by atoms with Crippen molar-refractivity contribution in [1.82, 2.24) is 0 Å². The summed E-state index contributed by atoms with van der Waals surface area (Å²) >= 11 is 0. The van der Waals surface area contributed by atoms with Crippen molar-refractivity contribution in [2.24, 2.45) is 0 Å². The first-order valence-corrected chi connectivity index (χ1v) is 1.10. The zero-order valence-corrected chi connectivity index (χ0v) is 5.13. The molecular weight excluding hydrogens is 232 g/mol. The molecule has 0 atom stereocenters. The molecule has 0 saturated heterocycles. The number of hydrogen-bond acceptors (Lipinski definition) is 6. The van der Waals surface area contributed by atoms with Gasteiger partial charge in [-0.3, -0.25) is 0 Å². The maximum Gasteiger partial charge on any atom is 0.0689 e. The molecule has 0 saturated carbocycles. The van der Waals surface area contributed by atoms with E-state index in [2.05, 4.69) is 0 Å². The fourth-order valence-corrected chi connectivity index (χ4v) is 0. The van der Waals surface area contributed by atoms with Crippen LogP contribution in [-0.2, 0) is 22.4 Å². The summed E-state index contributed by atoms with van der Waals surface area (Å²) in [6.07, 6.45) is 0. The summed E-state index contributed by atoms with van der Waals surface area (Å²) in [5, 5.41) is 29.5. The zero-order valence-electron chi connectivity index (χ0n) is 3.65. The third-order valence-electron chi connectivity index (χ3n) is 0. The van der Waals surface area contributed by atoms with Crippen LogP contribution in [0.15, 0.2) is 0 Å². The van der Waals surface area contributed by atoms with E-state index in [4.69, 9.17) is 30.6 Å². The minimum Gasteiger partial charge on any atom is -0.356 e. The number of nitrogens with zero attached hydrogens (tertiary/aromatic N) is 2. The van der Waals surface area contributed by atoms with Crippen LogP contribution in [-0.4, -0.2) is 10.2 Å². The molecular formula is AgN2O6-2. The van der Waals surface area contributed by atoms with Crippen molar-refractivity contribution in [3.63, 3.8) is 0 Å². The van der Waals surface area contributed by atoms with E-state index < -0.39 is 10.2 Å². The monoisotopic (exact) mass is 231 g/mol. The quantitative estimate of drug-likeness (QED) is 0.314. The first kappa shape index (κ1) is 15.7. The van der Waals surface area contributed by atoms with Crippen molar-refractivity contribution < 1.29 is 32.6 Å². The van der Waals surface area contributed by atoms with Gasteiger partial charge in [0.25, 0.3) is 0 Å². The van der Waals surface area contributed by atoms with Crippen LogP contribution >= 0.6 is 0 Å². The normalized spacial score (nSPS) is 5.33. The van der Waals surface area contributed by atoms with E-state index >= 15 is 0 Å². The molecule has 1 radical (unpaired) electrons. The summed E-state index contributed by atoms with van der Waals surface area (Å²) in [6, 6.07) is 0. The molecule has 0 aliphatic heterocycles. The third-order valence-corrected chi connectivity index (χ3v) is 0. The molecule has 8 nitrogen and oxygen atoms in total. The van der Waals surface area contributed by atoms with Gasteiger partial charge in [0.15, 0.2) is 0 Å². The Hall–Kier alpha value is -0.860. The molecule has 0 heterocycles. The molecule has 9 heteroatoms. The maximum absolute atomic E-state index is 8.25. The summed E-state index contributed by atoms with van der Waals surface area (Å²) in [5.74, 6) is 0. The van der Waals surface area contributed by atoms with Crippen LogP contribution in [0.2, 0.25) is 0 Å². The van der Waals surface area contributed by atoms with Gasteiger partial charge in [-0.1, -0.05) is 0 Å². The average Bonchev–Trinajstić information content (AvgIpc) is 1.25. The van der Waals surface area contributed by atoms with E-state index in [0.717, 1.165) is 0 Å². The Morgan fingerprint density at radius 3 is 0.778 bits per heavy atom. The molecule has 0 aliphatic carbocycles. The van der Waals surface area contributed by atoms with Crippen LogP contribution in [0.5, 0.6) is 0 Å². The predicted octanol–water partition coefficient (Wildman–Crippen LogP) is -0.481. The maximum atomic E-state index is 8.25. The Labute approximate surface area is 63.8 Å². The number of rotatable bonds is 0. The molecule has 9 heavy (non-hydrogen) atoms. The van der Waals surface area contributed by atoms with Crippen LogP contribution in [0.4, 0.5) is 0 Å². The fraction of sp³-hybridized carbons (Fsp3) is 0. The molecule has 0 unspecified atom stereocenters. The Balaban J connectivity index is -0.0000000720. The summed E-state index contributed by atoms with van der Waals surface area (Å²) in [6.45, 7) is 0. The second-order valence-electron chi connectivity index (χ2n) is 0.447. The largest absolute Gasteiger partial charge is 0.356 e. The Morgan fingerprint density at radius 2 is 0.778 bits per heavy atom. The summed E-state index contributed by atoms with van der Waals surface area (Å²) < 4.78 is 0. The van der Waals surface area contributed by atoms with Gasteiger partial charge in [-0.2, -0.15) is 0 Å². The van der Waals surface area contributed by atoms with E-state index in [1.807, 2.05) is 0 Å². The van der Waals surface area contributed by atoms with Crippen molar-refractivity contribution in [2.45, 2.75) is 0 Å². The Kier molecular flexibility index (Phi) is 17.8. The molecule has 0 aromatic carbocycles.